The molecule has 0 unspecified atom stereocenters. The molecular weight excluding hydrogens is 238 g/mol. The van der Waals surface area contributed by atoms with Gasteiger partial charge >= 0.3 is 0 Å². The molecule has 1 aromatic rings. The molecule has 4 heteroatoms. The smallest absolute Gasteiger partial charge is 0.171 e. The summed E-state index contributed by atoms with van der Waals surface area (Å²) < 4.78 is 5.84. The van der Waals surface area contributed by atoms with E-state index in [4.69, 9.17) is 4.74 Å². The van der Waals surface area contributed by atoms with E-state index in [9.17, 15) is 0 Å². The van der Waals surface area contributed by atoms with Gasteiger partial charge in [0.1, 0.15) is 0 Å². The van der Waals surface area contributed by atoms with Gasteiger partial charge in [-0.15, -0.1) is 0 Å². The van der Waals surface area contributed by atoms with E-state index in [1.54, 1.807) is 0 Å². The molecule has 106 valence electrons. The van der Waals surface area contributed by atoms with Crippen LogP contribution in [0.25, 0.3) is 0 Å². The lowest BCUT2D eigenvalue weighted by Crippen LogP contribution is -2.35. The zero-order chi connectivity index (χ0) is 13.7. The van der Waals surface area contributed by atoms with Crippen molar-refractivity contribution in [2.75, 3.05) is 31.6 Å². The summed E-state index contributed by atoms with van der Waals surface area (Å²) in [6, 6.07) is 3.93. The van der Waals surface area contributed by atoms with Crippen molar-refractivity contribution in [2.45, 2.75) is 32.8 Å². The van der Waals surface area contributed by atoms with Crippen LogP contribution < -0.4 is 15.0 Å². The standard InChI is InChI=1S/C15H25N3O/c1-12(2)19-14-5-4-8-17-15(14)18(3)11-13-6-9-16-10-7-13/h4-5,8,12-13,16H,6-7,9-11H2,1-3H3. The molecule has 1 aliphatic rings. The highest BCUT2D eigenvalue weighted by Gasteiger charge is 2.18. The third kappa shape index (κ3) is 4.10. The van der Waals surface area contributed by atoms with Crippen LogP contribution in [0.4, 0.5) is 5.82 Å². The fourth-order valence-corrected chi connectivity index (χ4v) is 2.55. The van der Waals surface area contributed by atoms with Crippen molar-refractivity contribution >= 4 is 5.82 Å². The highest BCUT2D eigenvalue weighted by atomic mass is 16.5. The molecule has 0 radical (unpaired) electrons. The number of ether oxygens (including phenoxy) is 1. The van der Waals surface area contributed by atoms with Gasteiger partial charge in [-0.2, -0.15) is 0 Å². The Kier molecular flexibility index (Phi) is 5.02. The predicted octanol–water partition coefficient (Wildman–Crippen LogP) is 2.30. The minimum atomic E-state index is 0.176. The Balaban J connectivity index is 2.02. The van der Waals surface area contributed by atoms with E-state index in [1.165, 1.54) is 12.8 Å². The van der Waals surface area contributed by atoms with Crippen LogP contribution in [0, 0.1) is 5.92 Å². The first kappa shape index (κ1) is 14.1. The Labute approximate surface area is 116 Å². The second-order valence-corrected chi connectivity index (χ2v) is 5.57. The Morgan fingerprint density at radius 3 is 2.84 bits per heavy atom. The van der Waals surface area contributed by atoms with Crippen molar-refractivity contribution in [2.24, 2.45) is 5.92 Å². The summed E-state index contributed by atoms with van der Waals surface area (Å²) in [6.07, 6.45) is 4.51. The van der Waals surface area contributed by atoms with Crippen LogP contribution in [0.15, 0.2) is 18.3 Å². The first-order valence-corrected chi connectivity index (χ1v) is 7.20. The van der Waals surface area contributed by atoms with Crippen molar-refractivity contribution < 1.29 is 4.74 Å². The number of rotatable bonds is 5. The van der Waals surface area contributed by atoms with Gasteiger partial charge in [0.25, 0.3) is 0 Å². The molecule has 0 amide bonds. The summed E-state index contributed by atoms with van der Waals surface area (Å²) in [5, 5.41) is 3.41. The van der Waals surface area contributed by atoms with Crippen molar-refractivity contribution in [1.29, 1.82) is 0 Å². The van der Waals surface area contributed by atoms with Gasteiger partial charge in [-0.3, -0.25) is 0 Å². The molecule has 0 spiro atoms. The maximum atomic E-state index is 5.84. The third-order valence-electron chi connectivity index (χ3n) is 3.47. The number of anilines is 1. The molecule has 1 N–H and O–H groups in total. The molecule has 0 saturated carbocycles. The van der Waals surface area contributed by atoms with E-state index in [0.29, 0.717) is 0 Å². The van der Waals surface area contributed by atoms with Crippen molar-refractivity contribution in [1.82, 2.24) is 10.3 Å². The highest BCUT2D eigenvalue weighted by Crippen LogP contribution is 2.27. The molecule has 0 aromatic carbocycles. The minimum Gasteiger partial charge on any atom is -0.487 e. The van der Waals surface area contributed by atoms with Crippen molar-refractivity contribution in [3.63, 3.8) is 0 Å². The topological polar surface area (TPSA) is 37.4 Å². The second kappa shape index (κ2) is 6.75. The SMILES string of the molecule is CC(C)Oc1cccnc1N(C)CC1CCNCC1. The van der Waals surface area contributed by atoms with E-state index >= 15 is 0 Å². The molecule has 1 aromatic heterocycles. The summed E-state index contributed by atoms with van der Waals surface area (Å²) in [7, 11) is 2.11. The lowest BCUT2D eigenvalue weighted by molar-refractivity contribution is 0.242. The Hall–Kier alpha value is -1.29. The molecule has 1 fully saturated rings. The molecule has 1 saturated heterocycles. The molecule has 4 nitrogen and oxygen atoms in total. The minimum absolute atomic E-state index is 0.176. The number of hydrogen-bond donors (Lipinski definition) is 1. The van der Waals surface area contributed by atoms with E-state index < -0.39 is 0 Å². The summed E-state index contributed by atoms with van der Waals surface area (Å²) in [4.78, 5) is 6.71. The van der Waals surface area contributed by atoms with Gasteiger partial charge in [0.05, 0.1) is 6.10 Å². The largest absolute Gasteiger partial charge is 0.487 e. The van der Waals surface area contributed by atoms with E-state index in [1.807, 2.05) is 32.2 Å². The first-order chi connectivity index (χ1) is 9.16. The Morgan fingerprint density at radius 1 is 1.42 bits per heavy atom. The number of pyridine rings is 1. The van der Waals surface area contributed by atoms with Crippen LogP contribution in [0.1, 0.15) is 26.7 Å². The Morgan fingerprint density at radius 2 is 2.16 bits per heavy atom. The fourth-order valence-electron chi connectivity index (χ4n) is 2.55. The highest BCUT2D eigenvalue weighted by molar-refractivity contribution is 5.51. The Bertz CT molecular complexity index is 389. The van der Waals surface area contributed by atoms with Gasteiger partial charge < -0.3 is 15.0 Å². The maximum Gasteiger partial charge on any atom is 0.171 e. The van der Waals surface area contributed by atoms with Crippen molar-refractivity contribution in [3.8, 4) is 5.75 Å². The lowest BCUT2D eigenvalue weighted by atomic mass is 9.98. The molecule has 2 heterocycles. The van der Waals surface area contributed by atoms with Crippen LogP contribution in [0.2, 0.25) is 0 Å². The molecule has 2 rings (SSSR count). The second-order valence-electron chi connectivity index (χ2n) is 5.57. The van der Waals surface area contributed by atoms with Gasteiger partial charge in [0.15, 0.2) is 11.6 Å². The summed E-state index contributed by atoms with van der Waals surface area (Å²) in [5.74, 6) is 2.59. The zero-order valence-corrected chi connectivity index (χ0v) is 12.2. The average molecular weight is 263 g/mol. The third-order valence-corrected chi connectivity index (χ3v) is 3.47. The van der Waals surface area contributed by atoms with Crippen molar-refractivity contribution in [3.05, 3.63) is 18.3 Å². The number of nitrogens with one attached hydrogen (secondary N) is 1. The van der Waals surface area contributed by atoms with Crippen LogP contribution in [-0.4, -0.2) is 37.8 Å². The summed E-state index contributed by atoms with van der Waals surface area (Å²) in [5.41, 5.74) is 0. The van der Waals surface area contributed by atoms with Gasteiger partial charge in [-0.05, 0) is 57.8 Å². The first-order valence-electron chi connectivity index (χ1n) is 7.20. The van der Waals surface area contributed by atoms with E-state index in [-0.39, 0.29) is 6.10 Å². The monoisotopic (exact) mass is 263 g/mol. The molecular formula is C15H25N3O. The molecule has 0 aliphatic carbocycles. The average Bonchev–Trinajstić information content (AvgIpc) is 2.39. The maximum absolute atomic E-state index is 5.84. The van der Waals surface area contributed by atoms with Gasteiger partial charge in [0.2, 0.25) is 0 Å². The fraction of sp³-hybridized carbons (Fsp3) is 0.667. The zero-order valence-electron chi connectivity index (χ0n) is 12.2. The lowest BCUT2D eigenvalue weighted by Gasteiger charge is -2.29. The van der Waals surface area contributed by atoms with Crippen LogP contribution in [0.3, 0.4) is 0 Å². The normalized spacial score (nSPS) is 16.6. The number of hydrogen-bond acceptors (Lipinski definition) is 4. The molecule has 0 atom stereocenters. The van der Waals surface area contributed by atoms with Gasteiger partial charge in [0, 0.05) is 19.8 Å². The van der Waals surface area contributed by atoms with Gasteiger partial charge in [-0.25, -0.2) is 4.98 Å². The number of nitrogens with zero attached hydrogens (tertiary/aromatic N) is 2. The van der Waals surface area contributed by atoms with Crippen LogP contribution in [-0.2, 0) is 0 Å². The number of aromatic nitrogens is 1. The van der Waals surface area contributed by atoms with E-state index in [2.05, 4.69) is 22.2 Å². The molecule has 0 bridgehead atoms. The van der Waals surface area contributed by atoms with Crippen LogP contribution >= 0.6 is 0 Å². The van der Waals surface area contributed by atoms with Gasteiger partial charge in [-0.1, -0.05) is 0 Å². The predicted molar refractivity (Wildman–Crippen MR) is 78.9 cm³/mol. The van der Waals surface area contributed by atoms with Crippen LogP contribution in [0.5, 0.6) is 5.75 Å². The quantitative estimate of drug-likeness (QED) is 0.884. The summed E-state index contributed by atoms with van der Waals surface area (Å²) in [6.45, 7) is 7.41. The summed E-state index contributed by atoms with van der Waals surface area (Å²) >= 11 is 0. The number of piperidine rings is 1. The van der Waals surface area contributed by atoms with E-state index in [0.717, 1.165) is 37.1 Å². The molecule has 19 heavy (non-hydrogen) atoms. The molecule has 1 aliphatic heterocycles.